The molecular weight excluding hydrogens is 404 g/mol. The minimum Gasteiger partial charge on any atom is -0.497 e. The molecule has 6 heteroatoms. The van der Waals surface area contributed by atoms with Gasteiger partial charge in [0.1, 0.15) is 11.5 Å². The van der Waals surface area contributed by atoms with Crippen LogP contribution >= 0.6 is 0 Å². The Hall–Kier alpha value is -3.54. The van der Waals surface area contributed by atoms with Crippen molar-refractivity contribution in [3.63, 3.8) is 0 Å². The molecule has 0 saturated heterocycles. The van der Waals surface area contributed by atoms with E-state index in [1.54, 1.807) is 19.2 Å². The quantitative estimate of drug-likeness (QED) is 0.377. The summed E-state index contributed by atoms with van der Waals surface area (Å²) in [4.78, 5) is 13.6. The molecule has 2 aliphatic rings. The molecule has 164 valence electrons. The summed E-state index contributed by atoms with van der Waals surface area (Å²) in [7, 11) is 1.62. The van der Waals surface area contributed by atoms with E-state index >= 15 is 0 Å². The van der Waals surface area contributed by atoms with E-state index in [-0.39, 0.29) is 16.0 Å². The van der Waals surface area contributed by atoms with Crippen LogP contribution in [-0.2, 0) is 12.0 Å². The molecule has 0 fully saturated rings. The highest BCUT2D eigenvalue weighted by Crippen LogP contribution is 2.57. The Morgan fingerprint density at radius 2 is 1.78 bits per heavy atom. The standard InChI is InChI=1S/C26H26N2O4/c1-16-6-11-23-22(12-16)25(2,3)26(4)27(23)15-18-13-19(28(29)30)14-21(24(18)32-26)17-7-9-20(31-5)10-8-17/h6-14H,15H2,1-5H3. The molecule has 0 spiro atoms. The van der Waals surface area contributed by atoms with Gasteiger partial charge in [0.05, 0.1) is 24.0 Å². The van der Waals surface area contributed by atoms with Crippen LogP contribution in [0.2, 0.25) is 0 Å². The number of hydrogen-bond acceptors (Lipinski definition) is 5. The third-order valence-corrected chi connectivity index (χ3v) is 7.18. The molecular formula is C26H26N2O4. The van der Waals surface area contributed by atoms with Crippen LogP contribution in [0.25, 0.3) is 11.1 Å². The highest BCUT2D eigenvalue weighted by molar-refractivity contribution is 5.78. The Bertz CT molecular complexity index is 1250. The van der Waals surface area contributed by atoms with Gasteiger partial charge in [0.25, 0.3) is 5.69 Å². The topological polar surface area (TPSA) is 64.8 Å². The van der Waals surface area contributed by atoms with Crippen LogP contribution in [0, 0.1) is 17.0 Å². The van der Waals surface area contributed by atoms with Crippen LogP contribution < -0.4 is 14.4 Å². The Labute approximate surface area is 187 Å². The second kappa shape index (κ2) is 6.73. The maximum atomic E-state index is 11.7. The summed E-state index contributed by atoms with van der Waals surface area (Å²) in [6.45, 7) is 9.15. The van der Waals surface area contributed by atoms with Crippen LogP contribution in [0.1, 0.15) is 37.5 Å². The summed E-state index contributed by atoms with van der Waals surface area (Å²) in [6, 6.07) is 17.2. The van der Waals surface area contributed by atoms with Gasteiger partial charge in [0.15, 0.2) is 5.72 Å². The number of rotatable bonds is 3. The highest BCUT2D eigenvalue weighted by Gasteiger charge is 2.58. The highest BCUT2D eigenvalue weighted by atomic mass is 16.6. The van der Waals surface area contributed by atoms with E-state index in [9.17, 15) is 10.1 Å². The lowest BCUT2D eigenvalue weighted by Gasteiger charge is -2.48. The summed E-state index contributed by atoms with van der Waals surface area (Å²) in [5.41, 5.74) is 5.08. The Morgan fingerprint density at radius 3 is 2.44 bits per heavy atom. The fraction of sp³-hybridized carbons (Fsp3) is 0.308. The third-order valence-electron chi connectivity index (χ3n) is 7.18. The predicted octanol–water partition coefficient (Wildman–Crippen LogP) is 5.99. The number of ether oxygens (including phenoxy) is 2. The number of anilines is 1. The zero-order valence-electron chi connectivity index (χ0n) is 18.9. The van der Waals surface area contributed by atoms with Crippen molar-refractivity contribution >= 4 is 11.4 Å². The van der Waals surface area contributed by atoms with E-state index in [0.717, 1.165) is 28.1 Å². The van der Waals surface area contributed by atoms with Gasteiger partial charge in [-0.25, -0.2) is 0 Å². The molecule has 1 atom stereocenters. The Balaban J connectivity index is 1.71. The number of nitro groups is 1. The first-order chi connectivity index (χ1) is 15.2. The maximum absolute atomic E-state index is 11.7. The van der Waals surface area contributed by atoms with E-state index < -0.39 is 5.72 Å². The number of aryl methyl sites for hydroxylation is 1. The monoisotopic (exact) mass is 430 g/mol. The van der Waals surface area contributed by atoms with E-state index in [4.69, 9.17) is 9.47 Å². The fourth-order valence-corrected chi connectivity index (χ4v) is 4.99. The second-order valence-electron chi connectivity index (χ2n) is 9.28. The predicted molar refractivity (Wildman–Crippen MR) is 125 cm³/mol. The first kappa shape index (κ1) is 20.4. The second-order valence-corrected chi connectivity index (χ2v) is 9.28. The average molecular weight is 431 g/mol. The number of methoxy groups -OCH3 is 1. The van der Waals surface area contributed by atoms with Gasteiger partial charge in [-0.05, 0) is 57.0 Å². The lowest BCUT2D eigenvalue weighted by atomic mass is 9.77. The normalized spacial score (nSPS) is 20.1. The number of benzene rings is 3. The van der Waals surface area contributed by atoms with E-state index in [0.29, 0.717) is 12.3 Å². The van der Waals surface area contributed by atoms with Crippen molar-refractivity contribution in [1.29, 1.82) is 0 Å². The molecule has 0 N–H and O–H groups in total. The number of non-ortho nitro benzene ring substituents is 1. The summed E-state index contributed by atoms with van der Waals surface area (Å²) >= 11 is 0. The molecule has 5 rings (SSSR count). The molecule has 2 heterocycles. The number of hydrogen-bond donors (Lipinski definition) is 0. The van der Waals surface area contributed by atoms with Crippen molar-refractivity contribution in [3.05, 3.63) is 81.4 Å². The smallest absolute Gasteiger partial charge is 0.270 e. The lowest BCUT2D eigenvalue weighted by Crippen LogP contribution is -2.59. The number of nitro benzene ring substituents is 1. The summed E-state index contributed by atoms with van der Waals surface area (Å²) < 4.78 is 12.1. The minimum atomic E-state index is -0.631. The summed E-state index contributed by atoms with van der Waals surface area (Å²) in [5.74, 6) is 1.44. The molecule has 0 radical (unpaired) electrons. The van der Waals surface area contributed by atoms with Gasteiger partial charge in [0.2, 0.25) is 0 Å². The SMILES string of the molecule is COc1ccc(-c2cc([N+](=O)[O-])cc3c2OC2(C)N(C3)c3ccc(C)cc3C2(C)C)cc1. The van der Waals surface area contributed by atoms with Crippen LogP contribution in [0.4, 0.5) is 11.4 Å². The fourth-order valence-electron chi connectivity index (χ4n) is 4.99. The molecule has 0 bridgehead atoms. The van der Waals surface area contributed by atoms with Crippen LogP contribution in [0.3, 0.4) is 0 Å². The molecule has 2 aliphatic heterocycles. The van der Waals surface area contributed by atoms with Crippen molar-refractivity contribution in [2.75, 3.05) is 12.0 Å². The zero-order chi connectivity index (χ0) is 22.8. The van der Waals surface area contributed by atoms with Crippen molar-refractivity contribution in [2.24, 2.45) is 0 Å². The van der Waals surface area contributed by atoms with Crippen LogP contribution in [-0.4, -0.2) is 17.8 Å². The van der Waals surface area contributed by atoms with Gasteiger partial charge < -0.3 is 14.4 Å². The molecule has 0 aliphatic carbocycles. The molecule has 1 unspecified atom stereocenters. The summed E-state index contributed by atoms with van der Waals surface area (Å²) in [5, 5.41) is 11.7. The van der Waals surface area contributed by atoms with Gasteiger partial charge in [-0.3, -0.25) is 10.1 Å². The van der Waals surface area contributed by atoms with Crippen LogP contribution in [0.5, 0.6) is 11.5 Å². The maximum Gasteiger partial charge on any atom is 0.270 e. The van der Waals surface area contributed by atoms with Crippen molar-refractivity contribution in [1.82, 2.24) is 0 Å². The van der Waals surface area contributed by atoms with Gasteiger partial charge in [-0.1, -0.05) is 29.8 Å². The first-order valence-corrected chi connectivity index (χ1v) is 10.7. The number of nitrogens with zero attached hydrogens (tertiary/aromatic N) is 2. The third kappa shape index (κ3) is 2.72. The molecule has 3 aromatic carbocycles. The molecule has 0 saturated carbocycles. The molecule has 6 nitrogen and oxygen atoms in total. The zero-order valence-corrected chi connectivity index (χ0v) is 18.9. The Kier molecular flexibility index (Phi) is 4.28. The molecule has 0 aromatic heterocycles. The van der Waals surface area contributed by atoms with Crippen LogP contribution in [0.15, 0.2) is 54.6 Å². The van der Waals surface area contributed by atoms with Crippen molar-refractivity contribution in [3.8, 4) is 22.6 Å². The Morgan fingerprint density at radius 1 is 1.06 bits per heavy atom. The minimum absolute atomic E-state index is 0.0596. The largest absolute Gasteiger partial charge is 0.497 e. The van der Waals surface area contributed by atoms with E-state index in [2.05, 4.69) is 50.8 Å². The van der Waals surface area contributed by atoms with E-state index in [1.807, 2.05) is 24.3 Å². The first-order valence-electron chi connectivity index (χ1n) is 10.7. The van der Waals surface area contributed by atoms with Gasteiger partial charge in [-0.2, -0.15) is 0 Å². The van der Waals surface area contributed by atoms with E-state index in [1.165, 1.54) is 11.1 Å². The number of fused-ring (bicyclic) bond motifs is 4. The molecule has 3 aromatic rings. The van der Waals surface area contributed by atoms with Crippen molar-refractivity contribution < 1.29 is 14.4 Å². The molecule has 32 heavy (non-hydrogen) atoms. The van der Waals surface area contributed by atoms with Gasteiger partial charge in [0, 0.05) is 28.9 Å². The average Bonchev–Trinajstić information content (AvgIpc) is 2.93. The lowest BCUT2D eigenvalue weighted by molar-refractivity contribution is -0.384. The van der Waals surface area contributed by atoms with Gasteiger partial charge >= 0.3 is 0 Å². The summed E-state index contributed by atoms with van der Waals surface area (Å²) in [6.07, 6.45) is 0. The van der Waals surface area contributed by atoms with Gasteiger partial charge in [-0.15, -0.1) is 0 Å². The van der Waals surface area contributed by atoms with Crippen molar-refractivity contribution in [2.45, 2.75) is 45.4 Å². The molecule has 0 amide bonds.